The van der Waals surface area contributed by atoms with Crippen LogP contribution in [0, 0.1) is 0 Å². The molecule has 4 aromatic carbocycles. The van der Waals surface area contributed by atoms with E-state index in [0.29, 0.717) is 0 Å². The predicted molar refractivity (Wildman–Crippen MR) is 251 cm³/mol. The average Bonchev–Trinajstić information content (AvgIpc) is 4.10. The van der Waals surface area contributed by atoms with Crippen LogP contribution >= 0.6 is 0 Å². The lowest BCUT2D eigenvalue weighted by molar-refractivity contribution is 0.0697. The Balaban J connectivity index is 1.42. The van der Waals surface area contributed by atoms with E-state index >= 15 is 0 Å². The highest BCUT2D eigenvalue weighted by Crippen LogP contribution is 2.39. The molecule has 296 valence electrons. The second-order valence-electron chi connectivity index (χ2n) is 15.7. The minimum Gasteiger partial charge on any atom is -0.478 e. The molecule has 0 fully saturated rings. The van der Waals surface area contributed by atoms with Crippen molar-refractivity contribution in [1.29, 1.82) is 0 Å². The maximum Gasteiger partial charge on any atom is 0.335 e. The molecule has 0 radical (unpaired) electrons. The number of aromatic amines is 2. The normalized spacial score (nSPS) is 11.8. The maximum absolute atomic E-state index is 11.9. The molecule has 3 N–H and O–H groups in total. The standard InChI is InChI=1S/C51H45N7O2/c1-56(2)36-17-11-32(12-18-36)48-41-25-23-39(52-41)47(31-7-9-35(10-8-31)51(59)60)40-24-26-42(53-40)49(33-13-19-37(20-14-33)57(3)4)44-28-30-46(55-44)50(45-29-27-43(48)54-45)34-15-21-38(22-16-34)58(5)6/h7-30,52,55H,1-6H3,(H,59,60). The topological polar surface area (TPSA) is 104 Å². The van der Waals surface area contributed by atoms with Gasteiger partial charge in [-0.3, -0.25) is 0 Å². The van der Waals surface area contributed by atoms with Crippen LogP contribution < -0.4 is 14.7 Å². The van der Waals surface area contributed by atoms with Crippen LogP contribution in [-0.4, -0.2) is 73.3 Å². The summed E-state index contributed by atoms with van der Waals surface area (Å²) in [5.41, 5.74) is 17.9. The number of benzene rings is 4. The van der Waals surface area contributed by atoms with Gasteiger partial charge in [0, 0.05) is 104 Å². The lowest BCUT2D eigenvalue weighted by Gasteiger charge is -2.13. The Morgan fingerprint density at radius 2 is 0.650 bits per heavy atom. The van der Waals surface area contributed by atoms with Crippen molar-refractivity contribution < 1.29 is 9.90 Å². The van der Waals surface area contributed by atoms with Gasteiger partial charge in [0.15, 0.2) is 0 Å². The van der Waals surface area contributed by atoms with Gasteiger partial charge in [0.25, 0.3) is 0 Å². The van der Waals surface area contributed by atoms with E-state index in [-0.39, 0.29) is 5.56 Å². The molecule has 0 amide bonds. The van der Waals surface area contributed by atoms with Gasteiger partial charge in [0.1, 0.15) is 0 Å². The van der Waals surface area contributed by atoms with Crippen LogP contribution in [0.5, 0.6) is 0 Å². The van der Waals surface area contributed by atoms with Gasteiger partial charge in [-0.2, -0.15) is 0 Å². The number of anilines is 3. The summed E-state index contributed by atoms with van der Waals surface area (Å²) in [4.78, 5) is 36.6. The summed E-state index contributed by atoms with van der Waals surface area (Å²) in [6.45, 7) is 0. The third-order valence-corrected chi connectivity index (χ3v) is 11.2. The number of aromatic carboxylic acids is 1. The van der Waals surface area contributed by atoms with Gasteiger partial charge < -0.3 is 29.8 Å². The number of carboxylic acids is 1. The van der Waals surface area contributed by atoms with Crippen molar-refractivity contribution >= 4 is 69.4 Å². The van der Waals surface area contributed by atoms with E-state index < -0.39 is 5.97 Å². The molecule has 60 heavy (non-hydrogen) atoms. The molecule has 0 atom stereocenters. The summed E-state index contributed by atoms with van der Waals surface area (Å²) >= 11 is 0. The summed E-state index contributed by atoms with van der Waals surface area (Å²) in [5.74, 6) is -0.975. The fourth-order valence-electron chi connectivity index (χ4n) is 7.98. The van der Waals surface area contributed by atoms with Crippen LogP contribution in [0.4, 0.5) is 17.1 Å². The average molecular weight is 788 g/mol. The van der Waals surface area contributed by atoms with E-state index in [0.717, 1.165) is 106 Å². The number of fused-ring (bicyclic) bond motifs is 8. The van der Waals surface area contributed by atoms with Crippen molar-refractivity contribution in [2.75, 3.05) is 57.0 Å². The molecule has 9 nitrogen and oxygen atoms in total. The van der Waals surface area contributed by atoms with Crippen molar-refractivity contribution in [2.45, 2.75) is 0 Å². The monoisotopic (exact) mass is 787 g/mol. The summed E-state index contributed by atoms with van der Waals surface area (Å²) < 4.78 is 0. The SMILES string of the molecule is CN(C)c1ccc(-c2c3nc(c(-c4ccc(N(C)C)cc4)c4ccc([nH]4)c(-c4ccc(N(C)C)cc4)c4nc(c(-c5ccc(C(=O)O)cc5)c5ccc2[nH]5)C=C4)C=C3)cc1. The van der Waals surface area contributed by atoms with Crippen LogP contribution in [0.15, 0.2) is 121 Å². The van der Waals surface area contributed by atoms with Gasteiger partial charge in [-0.1, -0.05) is 48.5 Å². The molecule has 7 aromatic rings. The number of nitrogens with zero attached hydrogens (tertiary/aromatic N) is 5. The lowest BCUT2D eigenvalue weighted by atomic mass is 10.0. The van der Waals surface area contributed by atoms with Gasteiger partial charge in [-0.05, 0) is 119 Å². The maximum atomic E-state index is 11.9. The van der Waals surface area contributed by atoms with E-state index in [2.05, 4.69) is 140 Å². The van der Waals surface area contributed by atoms with Crippen LogP contribution in [0.3, 0.4) is 0 Å². The van der Waals surface area contributed by atoms with Crippen molar-refractivity contribution in [3.8, 4) is 44.5 Å². The van der Waals surface area contributed by atoms with Crippen molar-refractivity contribution in [2.24, 2.45) is 0 Å². The lowest BCUT2D eigenvalue weighted by Crippen LogP contribution is -2.07. The highest BCUT2D eigenvalue weighted by Gasteiger charge is 2.20. The first-order chi connectivity index (χ1) is 29.0. The zero-order valence-electron chi connectivity index (χ0n) is 34.4. The van der Waals surface area contributed by atoms with E-state index in [4.69, 9.17) is 9.97 Å². The molecule has 5 heterocycles. The van der Waals surface area contributed by atoms with Crippen molar-refractivity contribution in [3.63, 3.8) is 0 Å². The first-order valence-corrected chi connectivity index (χ1v) is 19.9. The first kappa shape index (κ1) is 37.9. The smallest absolute Gasteiger partial charge is 0.335 e. The summed E-state index contributed by atoms with van der Waals surface area (Å²) in [6.07, 6.45) is 8.33. The number of carbonyl (C=O) groups is 1. The van der Waals surface area contributed by atoms with Crippen LogP contribution in [0.2, 0.25) is 0 Å². The highest BCUT2D eigenvalue weighted by molar-refractivity contribution is 6.00. The molecule has 9 heteroatoms. The number of H-pyrrole nitrogens is 2. The molecule has 2 aliphatic heterocycles. The summed E-state index contributed by atoms with van der Waals surface area (Å²) in [5, 5.41) is 9.76. The van der Waals surface area contributed by atoms with E-state index in [1.54, 1.807) is 12.1 Å². The van der Waals surface area contributed by atoms with Crippen molar-refractivity contribution in [3.05, 3.63) is 150 Å². The molecule has 3 aromatic heterocycles. The van der Waals surface area contributed by atoms with Crippen LogP contribution in [0.25, 0.3) is 90.9 Å². The Bertz CT molecular complexity index is 2960. The number of nitrogens with one attached hydrogen (secondary N) is 2. The van der Waals surface area contributed by atoms with Gasteiger partial charge in [-0.15, -0.1) is 0 Å². The number of aromatic nitrogens is 4. The zero-order valence-corrected chi connectivity index (χ0v) is 34.4. The number of rotatable bonds is 8. The molecular formula is C51H45N7O2. The van der Waals surface area contributed by atoms with Crippen LogP contribution in [0.1, 0.15) is 33.1 Å². The molecule has 0 spiro atoms. The molecule has 0 saturated heterocycles. The third kappa shape index (κ3) is 7.00. The minimum absolute atomic E-state index is 0.218. The summed E-state index contributed by atoms with van der Waals surface area (Å²) in [7, 11) is 12.2. The first-order valence-electron chi connectivity index (χ1n) is 19.9. The Labute approximate surface area is 349 Å². The predicted octanol–water partition coefficient (Wildman–Crippen LogP) is 11.2. The van der Waals surface area contributed by atoms with Gasteiger partial charge in [0.2, 0.25) is 0 Å². The molecule has 0 unspecified atom stereocenters. The van der Waals surface area contributed by atoms with E-state index in [9.17, 15) is 9.90 Å². The van der Waals surface area contributed by atoms with Gasteiger partial charge >= 0.3 is 5.97 Å². The molecule has 0 saturated carbocycles. The van der Waals surface area contributed by atoms with Crippen LogP contribution in [-0.2, 0) is 0 Å². The quantitative estimate of drug-likeness (QED) is 0.141. The number of hydrogen-bond donors (Lipinski definition) is 3. The largest absolute Gasteiger partial charge is 0.478 e. The number of hydrogen-bond acceptors (Lipinski definition) is 6. The number of carboxylic acid groups (broad SMARTS) is 1. The fraction of sp³-hybridized carbons (Fsp3) is 0.118. The molecule has 8 bridgehead atoms. The Morgan fingerprint density at radius 1 is 0.400 bits per heavy atom. The van der Waals surface area contributed by atoms with Gasteiger partial charge in [-0.25, -0.2) is 14.8 Å². The Morgan fingerprint density at radius 3 is 0.883 bits per heavy atom. The molecule has 2 aliphatic rings. The van der Waals surface area contributed by atoms with Crippen molar-refractivity contribution in [1.82, 2.24) is 19.9 Å². The Kier molecular flexibility index (Phi) is 9.64. The zero-order chi connectivity index (χ0) is 41.7. The van der Waals surface area contributed by atoms with E-state index in [1.807, 2.05) is 60.5 Å². The Hall–Kier alpha value is -7.65. The molecular weight excluding hydrogens is 743 g/mol. The fourth-order valence-corrected chi connectivity index (χ4v) is 7.98. The molecule has 0 aliphatic carbocycles. The molecule has 9 rings (SSSR count). The second-order valence-corrected chi connectivity index (χ2v) is 15.7. The van der Waals surface area contributed by atoms with E-state index in [1.165, 1.54) is 0 Å². The van der Waals surface area contributed by atoms with Gasteiger partial charge in [0.05, 0.1) is 28.3 Å². The summed E-state index contributed by atoms with van der Waals surface area (Å²) in [6, 6.07) is 41.1. The highest BCUT2D eigenvalue weighted by atomic mass is 16.4. The second kappa shape index (κ2) is 15.3. The minimum atomic E-state index is -0.975. The third-order valence-electron chi connectivity index (χ3n) is 11.2.